The number of aliphatic hydroxyl groups excluding tert-OH is 1. The summed E-state index contributed by atoms with van der Waals surface area (Å²) in [4.78, 5) is 22.8. The zero-order valence-corrected chi connectivity index (χ0v) is 22.2. The second kappa shape index (κ2) is 10.9. The fraction of sp³-hybridized carbons (Fsp3) is 0.281. The van der Waals surface area contributed by atoms with E-state index in [0.29, 0.717) is 31.7 Å². The van der Waals surface area contributed by atoms with E-state index in [1.807, 2.05) is 59.5 Å². The lowest BCUT2D eigenvalue weighted by molar-refractivity contribution is -0.127. The standard InChI is InChI=1S/C32H31N5O3/c1-2-28(39)36-16-14-21(15-17-36)8-13-27-29(22-9-11-26(12-10-22)40-25-6-4-3-5-7-25)30-31(33)34-20-35-32(30)37(27)23-18-24(38)19-23/h2-7,9-12,20-21,23-24,38H,1,14-19H2,(H2,33,34,35). The zero-order valence-electron chi connectivity index (χ0n) is 22.2. The minimum absolute atomic E-state index is 0.0360. The third-order valence-corrected chi connectivity index (χ3v) is 7.76. The Balaban J connectivity index is 1.41. The number of benzene rings is 2. The van der Waals surface area contributed by atoms with Crippen molar-refractivity contribution in [3.63, 3.8) is 0 Å². The van der Waals surface area contributed by atoms with Crippen LogP contribution in [0.2, 0.25) is 0 Å². The van der Waals surface area contributed by atoms with E-state index in [4.69, 9.17) is 10.5 Å². The van der Waals surface area contributed by atoms with Gasteiger partial charge in [-0.3, -0.25) is 4.79 Å². The van der Waals surface area contributed by atoms with Crippen LogP contribution in [0.5, 0.6) is 11.5 Å². The lowest BCUT2D eigenvalue weighted by Gasteiger charge is -2.33. The quantitative estimate of drug-likeness (QED) is 0.278. The number of rotatable bonds is 5. The molecule has 0 atom stereocenters. The van der Waals surface area contributed by atoms with Crippen molar-refractivity contribution in [1.29, 1.82) is 0 Å². The Morgan fingerprint density at radius 2 is 1.75 bits per heavy atom. The maximum Gasteiger partial charge on any atom is 0.245 e. The maximum absolute atomic E-state index is 12.0. The van der Waals surface area contributed by atoms with E-state index in [1.165, 1.54) is 12.4 Å². The number of hydrogen-bond donors (Lipinski definition) is 2. The number of hydrogen-bond acceptors (Lipinski definition) is 6. The minimum atomic E-state index is -0.341. The smallest absolute Gasteiger partial charge is 0.245 e. The van der Waals surface area contributed by atoms with Gasteiger partial charge in [0.05, 0.1) is 11.5 Å². The molecule has 0 unspecified atom stereocenters. The number of carbonyl (C=O) groups is 1. The van der Waals surface area contributed by atoms with Crippen LogP contribution in [-0.2, 0) is 4.79 Å². The van der Waals surface area contributed by atoms with E-state index in [0.717, 1.165) is 52.2 Å². The van der Waals surface area contributed by atoms with E-state index < -0.39 is 0 Å². The van der Waals surface area contributed by atoms with Crippen molar-refractivity contribution < 1.29 is 14.6 Å². The van der Waals surface area contributed by atoms with Crippen molar-refractivity contribution in [2.75, 3.05) is 18.8 Å². The highest BCUT2D eigenvalue weighted by atomic mass is 16.5. The topological polar surface area (TPSA) is 107 Å². The van der Waals surface area contributed by atoms with Gasteiger partial charge in [0.25, 0.3) is 0 Å². The van der Waals surface area contributed by atoms with Gasteiger partial charge < -0.3 is 25.0 Å². The van der Waals surface area contributed by atoms with Gasteiger partial charge in [-0.25, -0.2) is 9.97 Å². The number of aliphatic hydroxyl groups is 1. The fourth-order valence-electron chi connectivity index (χ4n) is 5.54. The molecule has 2 fully saturated rings. The molecule has 2 aromatic carbocycles. The van der Waals surface area contributed by atoms with Crippen molar-refractivity contribution in [2.24, 2.45) is 5.92 Å². The predicted molar refractivity (Wildman–Crippen MR) is 155 cm³/mol. The van der Waals surface area contributed by atoms with Crippen molar-refractivity contribution in [3.8, 4) is 34.5 Å². The summed E-state index contributed by atoms with van der Waals surface area (Å²) in [5, 5.41) is 10.9. The molecule has 8 heteroatoms. The summed E-state index contributed by atoms with van der Waals surface area (Å²) in [6.07, 6.45) is 5.38. The number of likely N-dealkylation sites (tertiary alicyclic amines) is 1. The number of nitrogens with zero attached hydrogens (tertiary/aromatic N) is 4. The van der Waals surface area contributed by atoms with Crippen LogP contribution in [0.4, 0.5) is 5.82 Å². The molecular formula is C32H31N5O3. The normalized spacial score (nSPS) is 19.0. The number of carbonyl (C=O) groups excluding carboxylic acids is 1. The fourth-order valence-corrected chi connectivity index (χ4v) is 5.54. The van der Waals surface area contributed by atoms with Gasteiger partial charge in [0.2, 0.25) is 5.91 Å². The molecule has 1 saturated heterocycles. The number of aromatic nitrogens is 3. The number of nitrogen functional groups attached to an aromatic ring is 1. The van der Waals surface area contributed by atoms with E-state index in [-0.39, 0.29) is 24.0 Å². The molecule has 2 aliphatic rings. The number of para-hydroxylation sites is 1. The van der Waals surface area contributed by atoms with Crippen LogP contribution >= 0.6 is 0 Å². The van der Waals surface area contributed by atoms with Gasteiger partial charge in [-0.2, -0.15) is 0 Å². The van der Waals surface area contributed by atoms with E-state index in [9.17, 15) is 9.90 Å². The summed E-state index contributed by atoms with van der Waals surface area (Å²) in [6, 6.07) is 17.6. The number of nitrogens with two attached hydrogens (primary N) is 1. The molecule has 2 aromatic heterocycles. The Kier molecular flexibility index (Phi) is 6.97. The minimum Gasteiger partial charge on any atom is -0.457 e. The number of anilines is 1. The average Bonchev–Trinajstić information content (AvgIpc) is 3.30. The molecule has 3 heterocycles. The Bertz CT molecular complexity index is 1600. The average molecular weight is 534 g/mol. The number of piperidine rings is 1. The summed E-state index contributed by atoms with van der Waals surface area (Å²) < 4.78 is 8.14. The lowest BCUT2D eigenvalue weighted by Crippen LogP contribution is -2.37. The second-order valence-electron chi connectivity index (χ2n) is 10.3. The van der Waals surface area contributed by atoms with Crippen molar-refractivity contribution >= 4 is 22.8 Å². The molecule has 0 spiro atoms. The van der Waals surface area contributed by atoms with Gasteiger partial charge in [0.1, 0.15) is 35.0 Å². The molecule has 1 aliphatic heterocycles. The van der Waals surface area contributed by atoms with E-state index in [1.54, 1.807) is 0 Å². The highest BCUT2D eigenvalue weighted by Gasteiger charge is 2.34. The van der Waals surface area contributed by atoms with Crippen LogP contribution in [0.25, 0.3) is 22.2 Å². The molecule has 1 saturated carbocycles. The van der Waals surface area contributed by atoms with Crippen LogP contribution in [0, 0.1) is 17.8 Å². The van der Waals surface area contributed by atoms with Gasteiger partial charge in [-0.1, -0.05) is 42.8 Å². The highest BCUT2D eigenvalue weighted by molar-refractivity contribution is 6.03. The summed E-state index contributed by atoms with van der Waals surface area (Å²) in [5.41, 5.74) is 9.81. The van der Waals surface area contributed by atoms with Gasteiger partial charge >= 0.3 is 0 Å². The van der Waals surface area contributed by atoms with Crippen LogP contribution in [-0.4, -0.2) is 49.6 Å². The summed E-state index contributed by atoms with van der Waals surface area (Å²) in [6.45, 7) is 4.93. The molecule has 0 bridgehead atoms. The molecule has 6 rings (SSSR count). The molecular weight excluding hydrogens is 502 g/mol. The Labute approximate surface area is 233 Å². The number of fused-ring (bicyclic) bond motifs is 1. The van der Waals surface area contributed by atoms with Crippen LogP contribution in [0.3, 0.4) is 0 Å². The third-order valence-electron chi connectivity index (χ3n) is 7.76. The van der Waals surface area contributed by atoms with Crippen LogP contribution in [0.1, 0.15) is 37.4 Å². The van der Waals surface area contributed by atoms with Gasteiger partial charge in [-0.15, -0.1) is 0 Å². The van der Waals surface area contributed by atoms with Gasteiger partial charge in [0.15, 0.2) is 0 Å². The summed E-state index contributed by atoms with van der Waals surface area (Å²) in [5.74, 6) is 8.99. The largest absolute Gasteiger partial charge is 0.457 e. The lowest BCUT2D eigenvalue weighted by atomic mass is 9.89. The Morgan fingerprint density at radius 1 is 1.05 bits per heavy atom. The third kappa shape index (κ3) is 4.92. The first-order valence-electron chi connectivity index (χ1n) is 13.6. The van der Waals surface area contributed by atoms with Gasteiger partial charge in [0, 0.05) is 30.6 Å². The van der Waals surface area contributed by atoms with Crippen LogP contribution < -0.4 is 10.5 Å². The van der Waals surface area contributed by atoms with Crippen molar-refractivity contribution in [1.82, 2.24) is 19.4 Å². The second-order valence-corrected chi connectivity index (χ2v) is 10.3. The highest BCUT2D eigenvalue weighted by Crippen LogP contribution is 2.43. The van der Waals surface area contributed by atoms with Crippen molar-refractivity contribution in [3.05, 3.63) is 79.3 Å². The SMILES string of the molecule is C=CC(=O)N1CCC(C#Cc2c(-c3ccc(Oc4ccccc4)cc3)c3c(N)ncnc3n2C2CC(O)C2)CC1. The molecule has 1 amide bonds. The first-order valence-corrected chi connectivity index (χ1v) is 13.6. The molecule has 1 aliphatic carbocycles. The molecule has 202 valence electrons. The first-order chi connectivity index (χ1) is 19.5. The van der Waals surface area contributed by atoms with Gasteiger partial charge in [-0.05, 0) is 67.5 Å². The van der Waals surface area contributed by atoms with Crippen molar-refractivity contribution in [2.45, 2.75) is 37.8 Å². The number of ether oxygens (including phenoxy) is 1. The van der Waals surface area contributed by atoms with E-state index in [2.05, 4.69) is 33.0 Å². The molecule has 4 aromatic rings. The summed E-state index contributed by atoms with van der Waals surface area (Å²) >= 11 is 0. The Morgan fingerprint density at radius 3 is 2.42 bits per heavy atom. The molecule has 8 nitrogen and oxygen atoms in total. The first kappa shape index (κ1) is 25.7. The molecule has 40 heavy (non-hydrogen) atoms. The molecule has 3 N–H and O–H groups in total. The molecule has 0 radical (unpaired) electrons. The zero-order chi connectivity index (χ0) is 27.6. The monoisotopic (exact) mass is 533 g/mol. The Hall–Kier alpha value is -4.61. The summed E-state index contributed by atoms with van der Waals surface area (Å²) in [7, 11) is 0. The number of amides is 1. The predicted octanol–water partition coefficient (Wildman–Crippen LogP) is 4.94. The van der Waals surface area contributed by atoms with Crippen LogP contribution in [0.15, 0.2) is 73.6 Å². The van der Waals surface area contributed by atoms with E-state index >= 15 is 0 Å². The maximum atomic E-state index is 12.0.